The summed E-state index contributed by atoms with van der Waals surface area (Å²) in [4.78, 5) is 23.6. The second kappa shape index (κ2) is 3.64. The van der Waals surface area contributed by atoms with E-state index in [1.165, 1.54) is 7.11 Å². The highest BCUT2D eigenvalue weighted by atomic mass is 16.7. The summed E-state index contributed by atoms with van der Waals surface area (Å²) >= 11 is 0. The molecule has 4 nitrogen and oxygen atoms in total. The summed E-state index contributed by atoms with van der Waals surface area (Å²) in [5.41, 5.74) is -1.11. The van der Waals surface area contributed by atoms with E-state index in [-0.39, 0.29) is 23.9 Å². The number of rotatable bonds is 4. The first kappa shape index (κ1) is 11.7. The highest BCUT2D eigenvalue weighted by Crippen LogP contribution is 2.63. The molecule has 0 saturated heterocycles. The van der Waals surface area contributed by atoms with Gasteiger partial charge in [-0.05, 0) is 24.2 Å². The van der Waals surface area contributed by atoms with Gasteiger partial charge in [-0.3, -0.25) is 4.79 Å². The molecule has 2 aliphatic rings. The second-order valence-electron chi connectivity index (χ2n) is 5.31. The van der Waals surface area contributed by atoms with Crippen LogP contribution in [0.2, 0.25) is 0 Å². The summed E-state index contributed by atoms with van der Waals surface area (Å²) in [6.07, 6.45) is 1.92. The Morgan fingerprint density at radius 2 is 2.19 bits per heavy atom. The molecule has 0 spiro atoms. The number of hydrogen-bond donors (Lipinski definition) is 0. The van der Waals surface area contributed by atoms with Gasteiger partial charge in [0.2, 0.25) is 0 Å². The molecule has 0 aromatic heterocycles. The summed E-state index contributed by atoms with van der Waals surface area (Å²) in [5, 5.41) is 0. The molecule has 0 aliphatic heterocycles. The van der Waals surface area contributed by atoms with Gasteiger partial charge >= 0.3 is 0 Å². The van der Waals surface area contributed by atoms with Crippen molar-refractivity contribution in [2.45, 2.75) is 32.8 Å². The molecule has 2 rings (SSSR count). The van der Waals surface area contributed by atoms with Gasteiger partial charge in [-0.1, -0.05) is 13.8 Å². The number of carbonyl (C=O) groups excluding carboxylic acids is 2. The van der Waals surface area contributed by atoms with Crippen molar-refractivity contribution in [1.82, 2.24) is 0 Å². The minimum absolute atomic E-state index is 0.0548. The molecule has 2 aliphatic carbocycles. The van der Waals surface area contributed by atoms with E-state index in [0.717, 1.165) is 12.7 Å². The van der Waals surface area contributed by atoms with Gasteiger partial charge in [-0.25, -0.2) is 0 Å². The zero-order valence-corrected chi connectivity index (χ0v) is 9.99. The molecule has 0 heterocycles. The first-order chi connectivity index (χ1) is 7.51. The molecule has 0 aromatic carbocycles. The largest absolute Gasteiger partial charge is 0.359 e. The van der Waals surface area contributed by atoms with Crippen LogP contribution in [0.5, 0.6) is 0 Å². The summed E-state index contributed by atoms with van der Waals surface area (Å²) in [6, 6.07) is 0. The number of ketones is 1. The lowest BCUT2D eigenvalue weighted by Crippen LogP contribution is -2.40. The standard InChI is InChI=1S/C12H18O4/c1-11(2)8-4-5-12(11,6-13)10(14)9(8)16-7-15-3/h6,8-9H,4-5,7H2,1-3H3/t8-,9-,12-/m1/s1. The monoisotopic (exact) mass is 226 g/mol. The van der Waals surface area contributed by atoms with Crippen LogP contribution >= 0.6 is 0 Å². The Balaban J connectivity index is 2.30. The van der Waals surface area contributed by atoms with Crippen LogP contribution in [-0.4, -0.2) is 32.1 Å². The Labute approximate surface area is 95.3 Å². The number of fused-ring (bicyclic) bond motifs is 2. The van der Waals surface area contributed by atoms with E-state index in [2.05, 4.69) is 0 Å². The van der Waals surface area contributed by atoms with E-state index < -0.39 is 11.5 Å². The van der Waals surface area contributed by atoms with E-state index in [4.69, 9.17) is 9.47 Å². The number of carbonyl (C=O) groups is 2. The van der Waals surface area contributed by atoms with Crippen molar-refractivity contribution in [2.24, 2.45) is 16.7 Å². The van der Waals surface area contributed by atoms with Gasteiger partial charge in [-0.2, -0.15) is 0 Å². The van der Waals surface area contributed by atoms with E-state index in [9.17, 15) is 9.59 Å². The fraction of sp³-hybridized carbons (Fsp3) is 0.833. The smallest absolute Gasteiger partial charge is 0.175 e. The van der Waals surface area contributed by atoms with Crippen molar-refractivity contribution in [1.29, 1.82) is 0 Å². The first-order valence-corrected chi connectivity index (χ1v) is 5.62. The molecule has 0 amide bonds. The lowest BCUT2D eigenvalue weighted by molar-refractivity contribution is -0.150. The molecular formula is C12H18O4. The van der Waals surface area contributed by atoms with Crippen LogP contribution in [0.15, 0.2) is 0 Å². The minimum Gasteiger partial charge on any atom is -0.359 e. The average Bonchev–Trinajstić information content (AvgIpc) is 2.59. The predicted molar refractivity (Wildman–Crippen MR) is 56.8 cm³/mol. The third-order valence-electron chi connectivity index (χ3n) is 4.56. The van der Waals surface area contributed by atoms with Gasteiger partial charge < -0.3 is 14.3 Å². The maximum absolute atomic E-state index is 12.2. The third-order valence-corrected chi connectivity index (χ3v) is 4.56. The summed E-state index contributed by atoms with van der Waals surface area (Å²) in [7, 11) is 1.53. The Kier molecular flexibility index (Phi) is 2.67. The number of hydrogen-bond acceptors (Lipinski definition) is 4. The Bertz CT molecular complexity index is 323. The Hall–Kier alpha value is -0.740. The normalized spacial score (nSPS) is 40.3. The maximum atomic E-state index is 12.2. The second-order valence-corrected chi connectivity index (χ2v) is 5.31. The molecule has 0 radical (unpaired) electrons. The Morgan fingerprint density at radius 3 is 2.69 bits per heavy atom. The van der Waals surface area contributed by atoms with Crippen LogP contribution in [-0.2, 0) is 19.1 Å². The average molecular weight is 226 g/mol. The van der Waals surface area contributed by atoms with Crippen molar-refractivity contribution < 1.29 is 19.1 Å². The minimum atomic E-state index is -0.823. The fourth-order valence-corrected chi connectivity index (χ4v) is 3.41. The molecule has 3 atom stereocenters. The van der Waals surface area contributed by atoms with E-state index >= 15 is 0 Å². The van der Waals surface area contributed by atoms with E-state index in [1.807, 2.05) is 13.8 Å². The van der Waals surface area contributed by atoms with Crippen LogP contribution in [0.3, 0.4) is 0 Å². The van der Waals surface area contributed by atoms with Crippen molar-refractivity contribution in [3.8, 4) is 0 Å². The SMILES string of the molecule is COCO[C@H]1C(=O)[C@]2(C=O)CC[C@H]1C2(C)C. The van der Waals surface area contributed by atoms with E-state index in [0.29, 0.717) is 6.42 Å². The van der Waals surface area contributed by atoms with Crippen LogP contribution < -0.4 is 0 Å². The molecule has 2 saturated carbocycles. The van der Waals surface area contributed by atoms with Gasteiger partial charge in [0.25, 0.3) is 0 Å². The lowest BCUT2D eigenvalue weighted by atomic mass is 9.70. The lowest BCUT2D eigenvalue weighted by Gasteiger charge is -2.30. The van der Waals surface area contributed by atoms with E-state index in [1.54, 1.807) is 0 Å². The summed E-state index contributed by atoms with van der Waals surface area (Å²) in [5.74, 6) is 0.0844. The molecule has 2 fully saturated rings. The highest BCUT2D eigenvalue weighted by Gasteiger charge is 2.69. The van der Waals surface area contributed by atoms with Gasteiger partial charge in [0.1, 0.15) is 19.2 Å². The zero-order valence-electron chi connectivity index (χ0n) is 9.99. The molecular weight excluding hydrogens is 208 g/mol. The van der Waals surface area contributed by atoms with Gasteiger partial charge in [-0.15, -0.1) is 0 Å². The summed E-state index contributed by atoms with van der Waals surface area (Å²) in [6.45, 7) is 4.10. The molecule has 0 aromatic rings. The molecule has 90 valence electrons. The molecule has 4 heteroatoms. The zero-order chi connectivity index (χ0) is 12.0. The van der Waals surface area contributed by atoms with Crippen LogP contribution in [0.1, 0.15) is 26.7 Å². The predicted octanol–water partition coefficient (Wildman–Crippen LogP) is 1.18. The quantitative estimate of drug-likeness (QED) is 0.410. The molecule has 16 heavy (non-hydrogen) atoms. The highest BCUT2D eigenvalue weighted by molar-refractivity contribution is 6.05. The molecule has 2 bridgehead atoms. The Morgan fingerprint density at radius 1 is 1.50 bits per heavy atom. The van der Waals surface area contributed by atoms with Crippen molar-refractivity contribution in [2.75, 3.05) is 13.9 Å². The number of methoxy groups -OCH3 is 1. The van der Waals surface area contributed by atoms with Crippen molar-refractivity contribution >= 4 is 12.1 Å². The van der Waals surface area contributed by atoms with Crippen molar-refractivity contribution in [3.63, 3.8) is 0 Å². The van der Waals surface area contributed by atoms with Gasteiger partial charge in [0.15, 0.2) is 5.78 Å². The first-order valence-electron chi connectivity index (χ1n) is 5.62. The topological polar surface area (TPSA) is 52.6 Å². The summed E-state index contributed by atoms with van der Waals surface area (Å²) < 4.78 is 10.3. The molecule has 0 N–H and O–H groups in total. The number of ether oxygens (including phenoxy) is 2. The van der Waals surface area contributed by atoms with Crippen molar-refractivity contribution in [3.05, 3.63) is 0 Å². The van der Waals surface area contributed by atoms with Crippen LogP contribution in [0.4, 0.5) is 0 Å². The third kappa shape index (κ3) is 1.17. The fourth-order valence-electron chi connectivity index (χ4n) is 3.41. The number of Topliss-reactive ketones (excluding diaryl/α,β-unsaturated/α-hetero) is 1. The van der Waals surface area contributed by atoms with Gasteiger partial charge in [0, 0.05) is 7.11 Å². The molecule has 0 unspecified atom stereocenters. The number of aldehydes is 1. The van der Waals surface area contributed by atoms with Crippen LogP contribution in [0, 0.1) is 16.7 Å². The maximum Gasteiger partial charge on any atom is 0.175 e. The van der Waals surface area contributed by atoms with Gasteiger partial charge in [0.05, 0.1) is 5.41 Å². The van der Waals surface area contributed by atoms with Crippen LogP contribution in [0.25, 0.3) is 0 Å².